The van der Waals surface area contributed by atoms with E-state index in [1.54, 1.807) is 0 Å². The average molecular weight is 280 g/mol. The van der Waals surface area contributed by atoms with Crippen molar-refractivity contribution in [1.29, 1.82) is 0 Å². The van der Waals surface area contributed by atoms with Crippen LogP contribution in [0.2, 0.25) is 0 Å². The topological polar surface area (TPSA) is 29.3 Å². The number of rotatable bonds is 5. The third kappa shape index (κ3) is 3.76. The van der Waals surface area contributed by atoms with Crippen molar-refractivity contribution < 1.29 is 0 Å². The number of likely N-dealkylation sites (N-methyl/N-ethyl adjacent to an activating group) is 1. The molecule has 0 spiro atoms. The van der Waals surface area contributed by atoms with Crippen LogP contribution in [0.4, 0.5) is 0 Å². The molecule has 0 aliphatic heterocycles. The molecule has 20 heavy (non-hydrogen) atoms. The van der Waals surface area contributed by atoms with Crippen LogP contribution < -0.4 is 5.73 Å². The molecule has 2 rings (SSSR count). The van der Waals surface area contributed by atoms with Crippen molar-refractivity contribution in [1.82, 2.24) is 4.90 Å². The molecule has 2 heteroatoms. The van der Waals surface area contributed by atoms with Gasteiger partial charge in [-0.2, -0.15) is 0 Å². The van der Waals surface area contributed by atoms with Crippen LogP contribution in [0.15, 0.2) is 0 Å². The highest BCUT2D eigenvalue weighted by Crippen LogP contribution is 2.42. The normalized spacial score (nSPS) is 32.4. The molecule has 0 radical (unpaired) electrons. The van der Waals surface area contributed by atoms with E-state index in [4.69, 9.17) is 5.73 Å². The maximum atomic E-state index is 6.29. The Kier molecular flexibility index (Phi) is 5.18. The summed E-state index contributed by atoms with van der Waals surface area (Å²) in [5.41, 5.74) is 7.05. The summed E-state index contributed by atoms with van der Waals surface area (Å²) >= 11 is 0. The highest BCUT2D eigenvalue weighted by Gasteiger charge is 2.40. The van der Waals surface area contributed by atoms with E-state index < -0.39 is 0 Å². The molecule has 2 nitrogen and oxygen atoms in total. The quantitative estimate of drug-likeness (QED) is 0.770. The Labute approximate surface area is 126 Å². The third-order valence-corrected chi connectivity index (χ3v) is 5.99. The van der Waals surface area contributed by atoms with Crippen LogP contribution in [0.25, 0.3) is 0 Å². The summed E-state index contributed by atoms with van der Waals surface area (Å²) in [7, 11) is 0. The third-order valence-electron chi connectivity index (χ3n) is 5.99. The predicted molar refractivity (Wildman–Crippen MR) is 87.8 cm³/mol. The van der Waals surface area contributed by atoms with Gasteiger partial charge in [0.2, 0.25) is 0 Å². The molecule has 2 aliphatic rings. The number of hydrogen-bond acceptors (Lipinski definition) is 2. The molecule has 2 unspecified atom stereocenters. The first-order chi connectivity index (χ1) is 9.41. The van der Waals surface area contributed by atoms with E-state index in [-0.39, 0.29) is 0 Å². The van der Waals surface area contributed by atoms with E-state index in [2.05, 4.69) is 32.6 Å². The summed E-state index contributed by atoms with van der Waals surface area (Å²) in [6.45, 7) is 12.9. The lowest BCUT2D eigenvalue weighted by molar-refractivity contribution is 0.0749. The first-order valence-corrected chi connectivity index (χ1v) is 8.86. The van der Waals surface area contributed by atoms with Gasteiger partial charge in [-0.15, -0.1) is 0 Å². The van der Waals surface area contributed by atoms with E-state index >= 15 is 0 Å². The fraction of sp³-hybridized carbons (Fsp3) is 1.00. The minimum atomic E-state index is 0.303. The Hall–Kier alpha value is -0.0800. The van der Waals surface area contributed by atoms with Gasteiger partial charge in [-0.1, -0.05) is 34.1 Å². The maximum Gasteiger partial charge on any atom is 0.0331 e. The first kappa shape index (κ1) is 16.3. The molecule has 0 aromatic rings. The van der Waals surface area contributed by atoms with Crippen molar-refractivity contribution in [3.63, 3.8) is 0 Å². The van der Waals surface area contributed by atoms with Crippen LogP contribution in [0.5, 0.6) is 0 Å². The molecule has 2 N–H and O–H groups in total. The van der Waals surface area contributed by atoms with E-state index in [1.807, 2.05) is 0 Å². The van der Waals surface area contributed by atoms with E-state index in [1.165, 1.54) is 58.0 Å². The van der Waals surface area contributed by atoms with Crippen molar-refractivity contribution in [2.24, 2.45) is 23.0 Å². The van der Waals surface area contributed by atoms with E-state index in [0.717, 1.165) is 18.4 Å². The van der Waals surface area contributed by atoms with Crippen LogP contribution in [-0.2, 0) is 0 Å². The van der Waals surface area contributed by atoms with Gasteiger partial charge in [0.1, 0.15) is 0 Å². The maximum absolute atomic E-state index is 6.29. The monoisotopic (exact) mass is 280 g/mol. The largest absolute Gasteiger partial charge is 0.329 e. The Morgan fingerprint density at radius 1 is 1.10 bits per heavy atom. The van der Waals surface area contributed by atoms with Gasteiger partial charge >= 0.3 is 0 Å². The Morgan fingerprint density at radius 3 is 2.30 bits per heavy atom. The number of nitrogens with two attached hydrogens (primary N) is 1. The van der Waals surface area contributed by atoms with Crippen LogP contribution in [-0.4, -0.2) is 30.1 Å². The zero-order chi connectivity index (χ0) is 14.8. The Morgan fingerprint density at radius 2 is 1.80 bits per heavy atom. The van der Waals surface area contributed by atoms with E-state index in [9.17, 15) is 0 Å². The van der Waals surface area contributed by atoms with Gasteiger partial charge in [-0.3, -0.25) is 4.90 Å². The molecule has 2 atom stereocenters. The minimum absolute atomic E-state index is 0.303. The van der Waals surface area contributed by atoms with Gasteiger partial charge in [0, 0.05) is 18.6 Å². The molecule has 0 amide bonds. The molecule has 0 bridgehead atoms. The fourth-order valence-electron chi connectivity index (χ4n) is 4.18. The van der Waals surface area contributed by atoms with Gasteiger partial charge in [-0.05, 0) is 62.3 Å². The van der Waals surface area contributed by atoms with Gasteiger partial charge in [-0.25, -0.2) is 0 Å². The second-order valence-electron chi connectivity index (χ2n) is 8.40. The molecule has 2 aliphatic carbocycles. The standard InChI is InChI=1S/C18H36N2/c1-5-20(13-15-8-9-15)18(14-19)11-6-7-16(10-12-18)17(2,3)4/h15-16H,5-14,19H2,1-4H3. The Bertz CT molecular complexity index is 303. The van der Waals surface area contributed by atoms with Crippen LogP contribution >= 0.6 is 0 Å². The minimum Gasteiger partial charge on any atom is -0.329 e. The zero-order valence-electron chi connectivity index (χ0n) is 14.3. The Balaban J connectivity index is 2.05. The van der Waals surface area contributed by atoms with Crippen LogP contribution in [0, 0.1) is 17.3 Å². The van der Waals surface area contributed by atoms with Gasteiger partial charge in [0.25, 0.3) is 0 Å². The zero-order valence-corrected chi connectivity index (χ0v) is 14.3. The molecule has 0 aromatic carbocycles. The van der Waals surface area contributed by atoms with Gasteiger partial charge < -0.3 is 5.73 Å². The van der Waals surface area contributed by atoms with Crippen molar-refractivity contribution in [3.05, 3.63) is 0 Å². The highest BCUT2D eigenvalue weighted by molar-refractivity contribution is 4.97. The summed E-state index contributed by atoms with van der Waals surface area (Å²) in [5, 5.41) is 0. The van der Waals surface area contributed by atoms with Crippen LogP contribution in [0.1, 0.15) is 72.6 Å². The summed E-state index contributed by atoms with van der Waals surface area (Å²) in [6.07, 6.45) is 9.64. The first-order valence-electron chi connectivity index (χ1n) is 8.86. The number of hydrogen-bond donors (Lipinski definition) is 1. The van der Waals surface area contributed by atoms with E-state index in [0.29, 0.717) is 11.0 Å². The fourth-order valence-corrected chi connectivity index (χ4v) is 4.18. The second-order valence-corrected chi connectivity index (χ2v) is 8.40. The number of nitrogens with zero attached hydrogens (tertiary/aromatic N) is 1. The molecule has 0 saturated heterocycles. The molecule has 2 fully saturated rings. The molecular weight excluding hydrogens is 244 g/mol. The summed E-state index contributed by atoms with van der Waals surface area (Å²) < 4.78 is 0. The van der Waals surface area contributed by atoms with Crippen molar-refractivity contribution >= 4 is 0 Å². The molecule has 2 saturated carbocycles. The molecule has 118 valence electrons. The summed E-state index contributed by atoms with van der Waals surface area (Å²) in [5.74, 6) is 1.84. The predicted octanol–water partition coefficient (Wildman–Crippen LogP) is 4.04. The van der Waals surface area contributed by atoms with Crippen molar-refractivity contribution in [2.75, 3.05) is 19.6 Å². The van der Waals surface area contributed by atoms with Crippen molar-refractivity contribution in [2.45, 2.75) is 78.2 Å². The highest BCUT2D eigenvalue weighted by atomic mass is 15.2. The van der Waals surface area contributed by atoms with Crippen molar-refractivity contribution in [3.8, 4) is 0 Å². The lowest BCUT2D eigenvalue weighted by atomic mass is 9.76. The SMILES string of the molecule is CCN(CC1CC1)C1(CN)CCCC(C(C)(C)C)CC1. The lowest BCUT2D eigenvalue weighted by Crippen LogP contribution is -2.54. The lowest BCUT2D eigenvalue weighted by Gasteiger charge is -2.43. The average Bonchev–Trinajstić information content (AvgIpc) is 3.21. The molecule has 0 heterocycles. The van der Waals surface area contributed by atoms with Gasteiger partial charge in [0.05, 0.1) is 0 Å². The van der Waals surface area contributed by atoms with Crippen LogP contribution in [0.3, 0.4) is 0 Å². The summed E-state index contributed by atoms with van der Waals surface area (Å²) in [6, 6.07) is 0. The second kappa shape index (κ2) is 6.36. The molecule has 0 aromatic heterocycles. The summed E-state index contributed by atoms with van der Waals surface area (Å²) in [4.78, 5) is 2.75. The molecular formula is C18H36N2. The smallest absolute Gasteiger partial charge is 0.0331 e. The van der Waals surface area contributed by atoms with Gasteiger partial charge in [0.15, 0.2) is 0 Å².